The minimum Gasteiger partial charge on any atom is -0.330 e. The normalized spacial score (nSPS) is 13.5. The SMILES string of the molecule is CCC(CN)c1sc(CC(C)C)nc1C. The molecule has 0 bridgehead atoms. The summed E-state index contributed by atoms with van der Waals surface area (Å²) in [5.41, 5.74) is 6.96. The van der Waals surface area contributed by atoms with Crippen molar-refractivity contribution in [2.75, 3.05) is 6.54 Å². The van der Waals surface area contributed by atoms with Crippen molar-refractivity contribution in [3.8, 4) is 0 Å². The molecule has 0 spiro atoms. The van der Waals surface area contributed by atoms with Crippen LogP contribution in [0, 0.1) is 12.8 Å². The van der Waals surface area contributed by atoms with Crippen molar-refractivity contribution >= 4 is 11.3 Å². The van der Waals surface area contributed by atoms with Crippen molar-refractivity contribution in [2.24, 2.45) is 11.7 Å². The summed E-state index contributed by atoms with van der Waals surface area (Å²) in [7, 11) is 0. The molecule has 1 unspecified atom stereocenters. The molecule has 3 heteroatoms. The smallest absolute Gasteiger partial charge is 0.0933 e. The minimum absolute atomic E-state index is 0.503. The number of nitrogens with two attached hydrogens (primary N) is 1. The summed E-state index contributed by atoms with van der Waals surface area (Å²) in [6, 6.07) is 0. The number of rotatable bonds is 5. The second-order valence-corrected chi connectivity index (χ2v) is 5.61. The van der Waals surface area contributed by atoms with Gasteiger partial charge in [-0.05, 0) is 19.3 Å². The van der Waals surface area contributed by atoms with Crippen molar-refractivity contribution in [1.82, 2.24) is 4.98 Å². The molecule has 2 nitrogen and oxygen atoms in total. The number of thiazole rings is 1. The van der Waals surface area contributed by atoms with Crippen LogP contribution in [-0.4, -0.2) is 11.5 Å². The van der Waals surface area contributed by atoms with Gasteiger partial charge in [0.25, 0.3) is 0 Å². The van der Waals surface area contributed by atoms with Crippen LogP contribution in [0.1, 0.15) is 48.7 Å². The number of aryl methyl sites for hydroxylation is 1. The van der Waals surface area contributed by atoms with E-state index in [0.29, 0.717) is 11.8 Å². The van der Waals surface area contributed by atoms with E-state index in [9.17, 15) is 0 Å². The molecule has 2 N–H and O–H groups in total. The average molecular weight is 226 g/mol. The third-order valence-electron chi connectivity index (χ3n) is 2.61. The first kappa shape index (κ1) is 12.7. The third kappa shape index (κ3) is 3.28. The Morgan fingerprint density at radius 3 is 2.53 bits per heavy atom. The highest BCUT2D eigenvalue weighted by atomic mass is 32.1. The maximum Gasteiger partial charge on any atom is 0.0933 e. The van der Waals surface area contributed by atoms with E-state index in [1.807, 2.05) is 11.3 Å². The van der Waals surface area contributed by atoms with Crippen LogP contribution in [-0.2, 0) is 6.42 Å². The first-order valence-corrected chi connectivity index (χ1v) is 6.56. The highest BCUT2D eigenvalue weighted by Gasteiger charge is 2.15. The quantitative estimate of drug-likeness (QED) is 0.838. The van der Waals surface area contributed by atoms with Crippen LogP contribution >= 0.6 is 11.3 Å². The van der Waals surface area contributed by atoms with Crippen molar-refractivity contribution in [2.45, 2.75) is 46.5 Å². The van der Waals surface area contributed by atoms with E-state index in [1.165, 1.54) is 15.6 Å². The lowest BCUT2D eigenvalue weighted by Crippen LogP contribution is -2.11. The van der Waals surface area contributed by atoms with Gasteiger partial charge in [0.05, 0.1) is 10.7 Å². The largest absolute Gasteiger partial charge is 0.330 e. The zero-order valence-electron chi connectivity index (χ0n) is 10.2. The summed E-state index contributed by atoms with van der Waals surface area (Å²) in [5, 5.41) is 1.27. The fourth-order valence-corrected chi connectivity index (χ4v) is 3.22. The molecule has 1 rings (SSSR count). The number of aromatic nitrogens is 1. The van der Waals surface area contributed by atoms with Gasteiger partial charge >= 0.3 is 0 Å². The lowest BCUT2D eigenvalue weighted by Gasteiger charge is -2.09. The fourth-order valence-electron chi connectivity index (χ4n) is 1.74. The molecular weight excluding hydrogens is 204 g/mol. The van der Waals surface area contributed by atoms with Crippen LogP contribution in [0.4, 0.5) is 0 Å². The van der Waals surface area contributed by atoms with E-state index >= 15 is 0 Å². The van der Waals surface area contributed by atoms with Crippen molar-refractivity contribution in [3.05, 3.63) is 15.6 Å². The van der Waals surface area contributed by atoms with Crippen LogP contribution in [0.2, 0.25) is 0 Å². The molecule has 15 heavy (non-hydrogen) atoms. The molecule has 0 amide bonds. The molecular formula is C12H22N2S. The van der Waals surface area contributed by atoms with Gasteiger partial charge in [0.1, 0.15) is 0 Å². The molecule has 0 radical (unpaired) electrons. The molecule has 1 aromatic heterocycles. The van der Waals surface area contributed by atoms with E-state index in [1.54, 1.807) is 0 Å². The molecule has 1 aromatic rings. The minimum atomic E-state index is 0.503. The number of nitrogens with zero attached hydrogens (tertiary/aromatic N) is 1. The van der Waals surface area contributed by atoms with E-state index in [0.717, 1.165) is 19.4 Å². The molecule has 0 aliphatic rings. The van der Waals surface area contributed by atoms with Gasteiger partial charge in [-0.1, -0.05) is 20.8 Å². The van der Waals surface area contributed by atoms with Gasteiger partial charge < -0.3 is 5.73 Å². The van der Waals surface area contributed by atoms with Gasteiger partial charge in [-0.25, -0.2) is 4.98 Å². The van der Waals surface area contributed by atoms with Crippen LogP contribution in [0.5, 0.6) is 0 Å². The third-order valence-corrected chi connectivity index (χ3v) is 3.95. The molecule has 1 atom stereocenters. The van der Waals surface area contributed by atoms with Crippen molar-refractivity contribution in [1.29, 1.82) is 0 Å². The Morgan fingerprint density at radius 2 is 2.07 bits per heavy atom. The standard InChI is InChI=1S/C12H22N2S/c1-5-10(7-13)12-9(4)14-11(15-12)6-8(2)3/h8,10H,5-7,13H2,1-4H3. The second-order valence-electron chi connectivity index (χ2n) is 4.50. The lowest BCUT2D eigenvalue weighted by molar-refractivity contribution is 0.643. The molecule has 86 valence electrons. The van der Waals surface area contributed by atoms with Crippen LogP contribution < -0.4 is 5.73 Å². The lowest BCUT2D eigenvalue weighted by atomic mass is 10.0. The van der Waals surface area contributed by atoms with Crippen molar-refractivity contribution in [3.63, 3.8) is 0 Å². The predicted molar refractivity (Wildman–Crippen MR) is 67.5 cm³/mol. The zero-order chi connectivity index (χ0) is 11.4. The van der Waals surface area contributed by atoms with Crippen molar-refractivity contribution < 1.29 is 0 Å². The maximum atomic E-state index is 5.77. The molecule has 0 aromatic carbocycles. The first-order valence-electron chi connectivity index (χ1n) is 5.74. The highest BCUT2D eigenvalue weighted by molar-refractivity contribution is 7.11. The van der Waals surface area contributed by atoms with Gasteiger partial charge in [-0.2, -0.15) is 0 Å². The molecule has 1 heterocycles. The Bertz CT molecular complexity index is 301. The van der Waals surface area contributed by atoms with E-state index in [2.05, 4.69) is 32.7 Å². The first-order chi connectivity index (χ1) is 7.08. The van der Waals surface area contributed by atoms with Gasteiger partial charge in [0.2, 0.25) is 0 Å². The van der Waals surface area contributed by atoms with Gasteiger partial charge in [0.15, 0.2) is 0 Å². The number of hydrogen-bond acceptors (Lipinski definition) is 3. The monoisotopic (exact) mass is 226 g/mol. The Balaban J connectivity index is 2.85. The molecule has 0 fully saturated rings. The topological polar surface area (TPSA) is 38.9 Å². The van der Waals surface area contributed by atoms with Gasteiger partial charge in [0, 0.05) is 23.8 Å². The van der Waals surface area contributed by atoms with Crippen LogP contribution in [0.15, 0.2) is 0 Å². The van der Waals surface area contributed by atoms with Crippen LogP contribution in [0.3, 0.4) is 0 Å². The average Bonchev–Trinajstić information content (AvgIpc) is 2.48. The summed E-state index contributed by atoms with van der Waals surface area (Å²) >= 11 is 1.85. The Kier molecular flexibility index (Phi) is 4.74. The fraction of sp³-hybridized carbons (Fsp3) is 0.750. The molecule has 0 aliphatic carbocycles. The Morgan fingerprint density at radius 1 is 1.40 bits per heavy atom. The summed E-state index contributed by atoms with van der Waals surface area (Å²) in [5.74, 6) is 1.18. The summed E-state index contributed by atoms with van der Waals surface area (Å²) in [6.45, 7) is 9.50. The molecule has 0 saturated carbocycles. The van der Waals surface area contributed by atoms with Gasteiger partial charge in [-0.15, -0.1) is 11.3 Å². The summed E-state index contributed by atoms with van der Waals surface area (Å²) in [4.78, 5) is 6.03. The zero-order valence-corrected chi connectivity index (χ0v) is 11.0. The number of hydrogen-bond donors (Lipinski definition) is 1. The van der Waals surface area contributed by atoms with E-state index < -0.39 is 0 Å². The molecule has 0 saturated heterocycles. The molecule has 0 aliphatic heterocycles. The Labute approximate surface area is 96.9 Å². The van der Waals surface area contributed by atoms with E-state index in [-0.39, 0.29) is 0 Å². The van der Waals surface area contributed by atoms with Crippen LogP contribution in [0.25, 0.3) is 0 Å². The Hall–Kier alpha value is -0.410. The van der Waals surface area contributed by atoms with Gasteiger partial charge in [-0.3, -0.25) is 0 Å². The van der Waals surface area contributed by atoms with E-state index in [4.69, 9.17) is 5.73 Å². The predicted octanol–water partition coefficient (Wildman–Crippen LogP) is 3.10. The maximum absolute atomic E-state index is 5.77. The summed E-state index contributed by atoms with van der Waals surface area (Å²) in [6.07, 6.45) is 2.20. The summed E-state index contributed by atoms with van der Waals surface area (Å²) < 4.78 is 0. The second kappa shape index (κ2) is 5.61. The highest BCUT2D eigenvalue weighted by Crippen LogP contribution is 2.29.